The van der Waals surface area contributed by atoms with Gasteiger partial charge in [-0.05, 0) is 29.9 Å². The van der Waals surface area contributed by atoms with Gasteiger partial charge in [0.05, 0.1) is 0 Å². The summed E-state index contributed by atoms with van der Waals surface area (Å²) >= 11 is 0. The van der Waals surface area contributed by atoms with Gasteiger partial charge in [0, 0.05) is 12.4 Å². The van der Waals surface area contributed by atoms with Gasteiger partial charge in [0.1, 0.15) is 0 Å². The predicted molar refractivity (Wildman–Crippen MR) is 54.6 cm³/mol. The van der Waals surface area contributed by atoms with Crippen LogP contribution in [-0.2, 0) is 0 Å². The molecule has 1 saturated carbocycles. The fraction of sp³-hybridized carbons (Fsp3) is 0.583. The van der Waals surface area contributed by atoms with Crippen molar-refractivity contribution in [3.8, 4) is 0 Å². The van der Waals surface area contributed by atoms with Gasteiger partial charge in [0.25, 0.3) is 0 Å². The van der Waals surface area contributed by atoms with E-state index in [0.717, 1.165) is 11.8 Å². The summed E-state index contributed by atoms with van der Waals surface area (Å²) in [5.41, 5.74) is 1.44. The van der Waals surface area contributed by atoms with Crippen molar-refractivity contribution >= 4 is 0 Å². The highest BCUT2D eigenvalue weighted by Crippen LogP contribution is 2.36. The van der Waals surface area contributed by atoms with E-state index in [9.17, 15) is 0 Å². The van der Waals surface area contributed by atoms with E-state index in [2.05, 4.69) is 24.0 Å². The first-order valence-electron chi connectivity index (χ1n) is 5.28. The summed E-state index contributed by atoms with van der Waals surface area (Å²) in [6.45, 7) is 2.37. The summed E-state index contributed by atoms with van der Waals surface area (Å²) in [4.78, 5) is 4.19. The van der Waals surface area contributed by atoms with E-state index in [0.29, 0.717) is 0 Å². The summed E-state index contributed by atoms with van der Waals surface area (Å²) in [5.74, 6) is 1.61. The van der Waals surface area contributed by atoms with Crippen molar-refractivity contribution in [2.45, 2.75) is 38.5 Å². The minimum absolute atomic E-state index is 0.766. The van der Waals surface area contributed by atoms with Gasteiger partial charge in [-0.25, -0.2) is 0 Å². The lowest BCUT2D eigenvalue weighted by Crippen LogP contribution is -2.14. The zero-order chi connectivity index (χ0) is 9.10. The number of hydrogen-bond donors (Lipinski definition) is 0. The smallest absolute Gasteiger partial charge is 0.0302 e. The molecular weight excluding hydrogens is 158 g/mol. The third-order valence-electron chi connectivity index (χ3n) is 3.22. The lowest BCUT2D eigenvalue weighted by Gasteiger charge is -2.28. The summed E-state index contributed by atoms with van der Waals surface area (Å²) in [6, 6.07) is 4.27. The molecule has 1 fully saturated rings. The van der Waals surface area contributed by atoms with Crippen LogP contribution in [0.4, 0.5) is 0 Å². The zero-order valence-electron chi connectivity index (χ0n) is 8.24. The van der Waals surface area contributed by atoms with Crippen molar-refractivity contribution in [3.63, 3.8) is 0 Å². The van der Waals surface area contributed by atoms with Crippen LogP contribution in [-0.4, -0.2) is 4.98 Å². The van der Waals surface area contributed by atoms with E-state index in [-0.39, 0.29) is 0 Å². The lowest BCUT2D eigenvalue weighted by molar-refractivity contribution is 0.330. The second kappa shape index (κ2) is 3.91. The maximum Gasteiger partial charge on any atom is 0.0302 e. The molecule has 0 amide bonds. The Bertz CT molecular complexity index is 255. The molecule has 0 aliphatic heterocycles. The molecule has 0 saturated heterocycles. The molecule has 0 aromatic carbocycles. The highest BCUT2D eigenvalue weighted by Gasteiger charge is 2.22. The maximum absolute atomic E-state index is 4.19. The van der Waals surface area contributed by atoms with E-state index in [1.54, 1.807) is 0 Å². The number of nitrogens with zero attached hydrogens (tertiary/aromatic N) is 1. The zero-order valence-corrected chi connectivity index (χ0v) is 8.24. The Morgan fingerprint density at radius 1 is 1.31 bits per heavy atom. The molecule has 1 heteroatoms. The van der Waals surface area contributed by atoms with Crippen molar-refractivity contribution in [1.29, 1.82) is 0 Å². The van der Waals surface area contributed by atoms with Crippen LogP contribution in [0.25, 0.3) is 0 Å². The first-order valence-corrected chi connectivity index (χ1v) is 5.28. The van der Waals surface area contributed by atoms with Crippen molar-refractivity contribution in [2.24, 2.45) is 5.92 Å². The van der Waals surface area contributed by atoms with Crippen LogP contribution in [0.15, 0.2) is 24.5 Å². The average molecular weight is 175 g/mol. The molecule has 0 radical (unpaired) electrons. The normalized spacial score (nSPS) is 28.7. The van der Waals surface area contributed by atoms with Crippen LogP contribution >= 0.6 is 0 Å². The third-order valence-corrected chi connectivity index (χ3v) is 3.22. The van der Waals surface area contributed by atoms with Gasteiger partial charge in [-0.3, -0.25) is 4.98 Å². The van der Waals surface area contributed by atoms with E-state index >= 15 is 0 Å². The van der Waals surface area contributed by atoms with Crippen LogP contribution in [0.2, 0.25) is 0 Å². The molecule has 1 aliphatic carbocycles. The Morgan fingerprint density at radius 2 is 2.15 bits per heavy atom. The molecule has 13 heavy (non-hydrogen) atoms. The Morgan fingerprint density at radius 3 is 2.85 bits per heavy atom. The minimum atomic E-state index is 0.766. The molecule has 2 atom stereocenters. The van der Waals surface area contributed by atoms with Crippen LogP contribution in [0.3, 0.4) is 0 Å². The largest absolute Gasteiger partial charge is 0.264 e. The van der Waals surface area contributed by atoms with Gasteiger partial charge in [-0.1, -0.05) is 32.3 Å². The molecule has 0 N–H and O–H groups in total. The van der Waals surface area contributed by atoms with E-state index < -0.39 is 0 Å². The van der Waals surface area contributed by atoms with Crippen LogP contribution in [0.5, 0.6) is 0 Å². The molecular formula is C12H17N. The second-order valence-electron chi connectivity index (χ2n) is 4.15. The first kappa shape index (κ1) is 8.74. The number of hydrogen-bond acceptors (Lipinski definition) is 1. The fourth-order valence-corrected chi connectivity index (χ4v) is 2.41. The van der Waals surface area contributed by atoms with Gasteiger partial charge >= 0.3 is 0 Å². The average Bonchev–Trinajstić information content (AvgIpc) is 2.20. The third kappa shape index (κ3) is 1.90. The van der Waals surface area contributed by atoms with E-state index in [1.165, 1.54) is 31.2 Å². The number of aromatic nitrogens is 1. The van der Waals surface area contributed by atoms with Crippen LogP contribution in [0.1, 0.15) is 44.1 Å². The standard InChI is InChI=1S/C12H17N/c1-10-5-2-3-7-12(10)11-6-4-8-13-9-11/h4,6,8-10,12H,2-3,5,7H2,1H3. The SMILES string of the molecule is CC1CCCCC1c1cccnc1. The van der Waals surface area contributed by atoms with Gasteiger partial charge < -0.3 is 0 Å². The summed E-state index contributed by atoms with van der Waals surface area (Å²) < 4.78 is 0. The first-order chi connectivity index (χ1) is 6.38. The van der Waals surface area contributed by atoms with Crippen molar-refractivity contribution in [3.05, 3.63) is 30.1 Å². The molecule has 70 valence electrons. The Balaban J connectivity index is 2.15. The van der Waals surface area contributed by atoms with E-state index in [1.807, 2.05) is 12.4 Å². The monoisotopic (exact) mass is 175 g/mol. The molecule has 1 aromatic heterocycles. The molecule has 2 unspecified atom stereocenters. The lowest BCUT2D eigenvalue weighted by atomic mass is 9.77. The minimum Gasteiger partial charge on any atom is -0.264 e. The fourth-order valence-electron chi connectivity index (χ4n) is 2.41. The maximum atomic E-state index is 4.19. The van der Waals surface area contributed by atoms with E-state index in [4.69, 9.17) is 0 Å². The van der Waals surface area contributed by atoms with Gasteiger partial charge in [-0.2, -0.15) is 0 Å². The van der Waals surface area contributed by atoms with Crippen molar-refractivity contribution in [2.75, 3.05) is 0 Å². The Hall–Kier alpha value is -0.850. The second-order valence-corrected chi connectivity index (χ2v) is 4.15. The highest BCUT2D eigenvalue weighted by atomic mass is 14.6. The van der Waals surface area contributed by atoms with Crippen molar-refractivity contribution < 1.29 is 0 Å². The summed E-state index contributed by atoms with van der Waals surface area (Å²) in [7, 11) is 0. The highest BCUT2D eigenvalue weighted by molar-refractivity contribution is 5.16. The molecule has 2 rings (SSSR count). The van der Waals surface area contributed by atoms with Crippen LogP contribution < -0.4 is 0 Å². The topological polar surface area (TPSA) is 12.9 Å². The predicted octanol–water partition coefficient (Wildman–Crippen LogP) is 3.38. The van der Waals surface area contributed by atoms with Gasteiger partial charge in [-0.15, -0.1) is 0 Å². The molecule has 1 aliphatic rings. The van der Waals surface area contributed by atoms with Crippen molar-refractivity contribution in [1.82, 2.24) is 4.98 Å². The number of rotatable bonds is 1. The van der Waals surface area contributed by atoms with Gasteiger partial charge in [0.2, 0.25) is 0 Å². The Labute approximate surface area is 80.2 Å². The molecule has 1 aromatic rings. The molecule has 0 spiro atoms. The van der Waals surface area contributed by atoms with Gasteiger partial charge in [0.15, 0.2) is 0 Å². The molecule has 1 nitrogen and oxygen atoms in total. The Kier molecular flexibility index (Phi) is 2.62. The summed E-state index contributed by atoms with van der Waals surface area (Å²) in [5, 5.41) is 0. The summed E-state index contributed by atoms with van der Waals surface area (Å²) in [6.07, 6.45) is 9.44. The van der Waals surface area contributed by atoms with Crippen LogP contribution in [0, 0.1) is 5.92 Å². The quantitative estimate of drug-likeness (QED) is 0.637. The molecule has 0 bridgehead atoms. The molecule has 1 heterocycles. The number of pyridine rings is 1.